The van der Waals surface area contributed by atoms with Crippen LogP contribution >= 0.6 is 11.6 Å². The number of anilines is 1. The van der Waals surface area contributed by atoms with Gasteiger partial charge in [-0.25, -0.2) is 9.67 Å². The van der Waals surface area contributed by atoms with Gasteiger partial charge >= 0.3 is 0 Å². The van der Waals surface area contributed by atoms with E-state index in [-0.39, 0.29) is 11.5 Å². The fourth-order valence-electron chi connectivity index (χ4n) is 3.23. The average Bonchev–Trinajstić information content (AvgIpc) is 3.11. The largest absolute Gasteiger partial charge is 0.493 e. The van der Waals surface area contributed by atoms with E-state index < -0.39 is 0 Å². The predicted molar refractivity (Wildman–Crippen MR) is 116 cm³/mol. The smallest absolute Gasteiger partial charge is 0.258 e. The number of nitrogens with zero attached hydrogens (tertiary/aromatic N) is 3. The van der Waals surface area contributed by atoms with E-state index in [9.17, 15) is 4.79 Å². The number of carbonyl (C=O) groups is 1. The number of benzene rings is 2. The number of halogens is 1. The second-order valence-electron chi connectivity index (χ2n) is 6.54. The number of methoxy groups -OCH3 is 2. The van der Waals surface area contributed by atoms with E-state index in [4.69, 9.17) is 21.1 Å². The molecule has 1 N–H and O–H groups in total. The average molecular weight is 423 g/mol. The Morgan fingerprint density at radius 2 is 1.80 bits per heavy atom. The molecule has 1 amide bonds. The van der Waals surface area contributed by atoms with Crippen molar-refractivity contribution >= 4 is 34.2 Å². The van der Waals surface area contributed by atoms with Crippen LogP contribution in [0.15, 0.2) is 54.7 Å². The van der Waals surface area contributed by atoms with Crippen molar-refractivity contribution in [2.75, 3.05) is 19.5 Å². The number of aryl methyl sites for hydroxylation is 1. The molecule has 0 aliphatic rings. The molecular weight excluding hydrogens is 404 g/mol. The van der Waals surface area contributed by atoms with E-state index in [0.717, 1.165) is 5.69 Å². The lowest BCUT2D eigenvalue weighted by atomic mass is 10.2. The Labute approximate surface area is 178 Å². The van der Waals surface area contributed by atoms with Gasteiger partial charge in [-0.15, -0.1) is 0 Å². The Bertz CT molecular complexity index is 1240. The lowest BCUT2D eigenvalue weighted by molar-refractivity contribution is 0.102. The first-order valence-electron chi connectivity index (χ1n) is 9.16. The van der Waals surface area contributed by atoms with Crippen molar-refractivity contribution in [3.63, 3.8) is 0 Å². The summed E-state index contributed by atoms with van der Waals surface area (Å²) in [4.78, 5) is 17.4. The van der Waals surface area contributed by atoms with E-state index >= 15 is 0 Å². The number of nitrogens with one attached hydrogen (secondary N) is 1. The highest BCUT2D eigenvalue weighted by Crippen LogP contribution is 2.32. The number of carbonyl (C=O) groups excluding carboxylic acids is 1. The number of aromatic nitrogens is 3. The Hall–Kier alpha value is -3.58. The summed E-state index contributed by atoms with van der Waals surface area (Å²) in [6, 6.07) is 14.7. The van der Waals surface area contributed by atoms with Crippen molar-refractivity contribution in [1.29, 1.82) is 0 Å². The first-order valence-corrected chi connectivity index (χ1v) is 9.54. The van der Waals surface area contributed by atoms with Crippen LogP contribution in [0, 0.1) is 6.92 Å². The zero-order valence-corrected chi connectivity index (χ0v) is 17.4. The van der Waals surface area contributed by atoms with E-state index in [1.165, 1.54) is 13.3 Å². The molecule has 0 spiro atoms. The van der Waals surface area contributed by atoms with Crippen molar-refractivity contribution in [3.8, 4) is 17.2 Å². The van der Waals surface area contributed by atoms with Gasteiger partial charge < -0.3 is 14.8 Å². The normalized spacial score (nSPS) is 10.8. The summed E-state index contributed by atoms with van der Waals surface area (Å²) in [5.74, 6) is 0.698. The molecule has 0 fully saturated rings. The number of para-hydroxylation sites is 1. The van der Waals surface area contributed by atoms with Crippen LogP contribution in [0.25, 0.3) is 16.7 Å². The maximum absolute atomic E-state index is 12.9. The van der Waals surface area contributed by atoms with E-state index in [2.05, 4.69) is 15.4 Å². The zero-order valence-electron chi connectivity index (χ0n) is 16.6. The predicted octanol–water partition coefficient (Wildman–Crippen LogP) is 4.65. The van der Waals surface area contributed by atoms with Gasteiger partial charge in [0.05, 0.1) is 41.6 Å². The lowest BCUT2D eigenvalue weighted by Crippen LogP contribution is -2.13. The Kier molecular flexibility index (Phi) is 5.29. The van der Waals surface area contributed by atoms with Gasteiger partial charge in [0.2, 0.25) is 0 Å². The fraction of sp³-hybridized carbons (Fsp3) is 0.136. The van der Waals surface area contributed by atoms with Crippen molar-refractivity contribution in [1.82, 2.24) is 14.8 Å². The molecule has 2 heterocycles. The number of fused-ring (bicyclic) bond motifs is 1. The van der Waals surface area contributed by atoms with Crippen LogP contribution in [-0.2, 0) is 0 Å². The summed E-state index contributed by atoms with van der Waals surface area (Å²) in [6.07, 6.45) is 1.46. The third kappa shape index (κ3) is 3.44. The van der Waals surface area contributed by atoms with Crippen molar-refractivity contribution in [2.45, 2.75) is 6.92 Å². The maximum Gasteiger partial charge on any atom is 0.258 e. The molecule has 0 unspecified atom stereocenters. The second-order valence-corrected chi connectivity index (χ2v) is 6.92. The van der Waals surface area contributed by atoms with Gasteiger partial charge in [0.15, 0.2) is 17.1 Å². The molecule has 30 heavy (non-hydrogen) atoms. The quantitative estimate of drug-likeness (QED) is 0.506. The molecule has 2 aromatic carbocycles. The van der Waals surface area contributed by atoms with Crippen LogP contribution in [0.2, 0.25) is 5.02 Å². The minimum Gasteiger partial charge on any atom is -0.493 e. The Balaban J connectivity index is 1.71. The molecular formula is C22H19ClN4O3. The van der Waals surface area contributed by atoms with Gasteiger partial charge in [0, 0.05) is 18.0 Å². The van der Waals surface area contributed by atoms with Crippen LogP contribution in [0.5, 0.6) is 11.5 Å². The molecule has 152 valence electrons. The van der Waals surface area contributed by atoms with Crippen molar-refractivity contribution < 1.29 is 14.3 Å². The van der Waals surface area contributed by atoms with Gasteiger partial charge in [0.1, 0.15) is 0 Å². The molecule has 2 aromatic heterocycles. The standard InChI is InChI=1S/C22H19ClN4O3/c1-13-19-20(23)16(12-24-21(19)27(26-13)15-7-5-4-6-8-15)22(28)25-14-9-10-17(29-2)18(11-14)30-3/h4-12H,1-3H3,(H,25,28). The third-order valence-corrected chi connectivity index (χ3v) is 5.09. The number of ether oxygens (including phenoxy) is 2. The summed E-state index contributed by atoms with van der Waals surface area (Å²) in [7, 11) is 3.08. The molecule has 0 saturated heterocycles. The van der Waals surface area contributed by atoms with Crippen LogP contribution in [-0.4, -0.2) is 34.9 Å². The number of hydrogen-bond donors (Lipinski definition) is 1. The summed E-state index contributed by atoms with van der Waals surface area (Å²) < 4.78 is 12.2. The van der Waals surface area contributed by atoms with Gasteiger partial charge in [-0.3, -0.25) is 4.79 Å². The monoisotopic (exact) mass is 422 g/mol. The summed E-state index contributed by atoms with van der Waals surface area (Å²) in [6.45, 7) is 1.84. The van der Waals surface area contributed by atoms with Crippen LogP contribution < -0.4 is 14.8 Å². The first-order chi connectivity index (χ1) is 14.5. The molecule has 0 saturated carbocycles. The first kappa shape index (κ1) is 19.7. The van der Waals surface area contributed by atoms with Gasteiger partial charge in [-0.2, -0.15) is 5.10 Å². The SMILES string of the molecule is COc1ccc(NC(=O)c2cnc3c(c(C)nn3-c3ccccc3)c2Cl)cc1OC. The van der Waals surface area contributed by atoms with Crippen LogP contribution in [0.4, 0.5) is 5.69 Å². The van der Waals surface area contributed by atoms with Crippen LogP contribution in [0.1, 0.15) is 16.1 Å². The summed E-state index contributed by atoms with van der Waals surface area (Å²) in [5, 5.41) is 8.32. The van der Waals surface area contributed by atoms with Crippen molar-refractivity contribution in [3.05, 3.63) is 71.0 Å². The van der Waals surface area contributed by atoms with Crippen LogP contribution in [0.3, 0.4) is 0 Å². The second kappa shape index (κ2) is 8.04. The third-order valence-electron chi connectivity index (χ3n) is 4.69. The van der Waals surface area contributed by atoms with E-state index in [0.29, 0.717) is 38.9 Å². The Morgan fingerprint density at radius 3 is 2.50 bits per heavy atom. The lowest BCUT2D eigenvalue weighted by Gasteiger charge is -2.11. The highest BCUT2D eigenvalue weighted by Gasteiger charge is 2.20. The van der Waals surface area contributed by atoms with Gasteiger partial charge in [0.25, 0.3) is 5.91 Å². The number of amides is 1. The minimum absolute atomic E-state index is 0.259. The molecule has 4 rings (SSSR count). The van der Waals surface area contributed by atoms with E-state index in [1.807, 2.05) is 37.3 Å². The molecule has 0 radical (unpaired) electrons. The molecule has 0 aliphatic heterocycles. The van der Waals surface area contributed by atoms with E-state index in [1.54, 1.807) is 30.0 Å². The highest BCUT2D eigenvalue weighted by molar-refractivity contribution is 6.39. The van der Waals surface area contributed by atoms with Gasteiger partial charge in [-0.05, 0) is 31.2 Å². The van der Waals surface area contributed by atoms with Gasteiger partial charge in [-0.1, -0.05) is 29.8 Å². The minimum atomic E-state index is -0.381. The number of pyridine rings is 1. The number of hydrogen-bond acceptors (Lipinski definition) is 5. The molecule has 0 bridgehead atoms. The molecule has 0 atom stereocenters. The molecule has 7 nitrogen and oxygen atoms in total. The Morgan fingerprint density at radius 1 is 1.07 bits per heavy atom. The molecule has 0 aliphatic carbocycles. The fourth-order valence-corrected chi connectivity index (χ4v) is 3.58. The highest BCUT2D eigenvalue weighted by atomic mass is 35.5. The molecule has 8 heteroatoms. The summed E-state index contributed by atoms with van der Waals surface area (Å²) in [5.41, 5.74) is 2.94. The number of rotatable bonds is 5. The summed E-state index contributed by atoms with van der Waals surface area (Å²) >= 11 is 6.62. The zero-order chi connectivity index (χ0) is 21.3. The molecule has 4 aromatic rings. The van der Waals surface area contributed by atoms with Crippen molar-refractivity contribution in [2.24, 2.45) is 0 Å². The topological polar surface area (TPSA) is 78.3 Å². The maximum atomic E-state index is 12.9.